The van der Waals surface area contributed by atoms with Gasteiger partial charge in [0.1, 0.15) is 11.5 Å². The van der Waals surface area contributed by atoms with Gasteiger partial charge in [0.05, 0.1) is 7.11 Å². The lowest BCUT2D eigenvalue weighted by Gasteiger charge is -2.37. The van der Waals surface area contributed by atoms with Crippen LogP contribution in [0.25, 0.3) is 0 Å². The first kappa shape index (κ1) is 20.1. The van der Waals surface area contributed by atoms with E-state index in [2.05, 4.69) is 23.1 Å². The second-order valence-corrected chi connectivity index (χ2v) is 7.35. The number of carbonyl (C=O) groups is 1. The molecule has 1 aliphatic rings. The highest BCUT2D eigenvalue weighted by molar-refractivity contribution is 5.81. The first-order valence-electron chi connectivity index (χ1n) is 9.93. The average molecular weight is 383 g/mol. The molecule has 150 valence electrons. The van der Waals surface area contributed by atoms with Crippen LogP contribution in [0.15, 0.2) is 42.5 Å². The number of amides is 1. The number of methoxy groups -OCH3 is 1. The van der Waals surface area contributed by atoms with Crippen LogP contribution in [0.2, 0.25) is 0 Å². The van der Waals surface area contributed by atoms with Crippen LogP contribution in [0.5, 0.6) is 11.5 Å². The van der Waals surface area contributed by atoms with Crippen LogP contribution < -0.4 is 14.4 Å². The molecule has 0 spiro atoms. The molecular weight excluding hydrogens is 352 g/mol. The molecule has 1 amide bonds. The van der Waals surface area contributed by atoms with Crippen molar-refractivity contribution in [1.29, 1.82) is 0 Å². The number of piperazine rings is 1. The van der Waals surface area contributed by atoms with Crippen LogP contribution >= 0.6 is 0 Å². The van der Waals surface area contributed by atoms with E-state index < -0.39 is 6.10 Å². The summed E-state index contributed by atoms with van der Waals surface area (Å²) >= 11 is 0. The number of hydrogen-bond acceptors (Lipinski definition) is 4. The minimum atomic E-state index is -0.436. The van der Waals surface area contributed by atoms with Crippen molar-refractivity contribution in [2.24, 2.45) is 0 Å². The van der Waals surface area contributed by atoms with Crippen LogP contribution in [0.3, 0.4) is 0 Å². The molecule has 2 aromatic carbocycles. The summed E-state index contributed by atoms with van der Waals surface area (Å²) in [5.74, 6) is 1.71. The molecule has 0 bridgehead atoms. The molecule has 1 saturated heterocycles. The Kier molecular flexibility index (Phi) is 6.45. The monoisotopic (exact) mass is 382 g/mol. The lowest BCUT2D eigenvalue weighted by molar-refractivity contribution is -0.139. The number of rotatable bonds is 6. The number of anilines is 1. The van der Waals surface area contributed by atoms with Gasteiger partial charge in [0.2, 0.25) is 0 Å². The van der Waals surface area contributed by atoms with Crippen molar-refractivity contribution in [1.82, 2.24) is 4.90 Å². The normalized spacial score (nSPS) is 15.3. The lowest BCUT2D eigenvalue weighted by atomic mass is 10.1. The maximum atomic E-state index is 13.0. The highest BCUT2D eigenvalue weighted by atomic mass is 16.5. The molecule has 3 rings (SSSR count). The van der Waals surface area contributed by atoms with Gasteiger partial charge in [-0.2, -0.15) is 0 Å². The molecule has 5 nitrogen and oxygen atoms in total. The smallest absolute Gasteiger partial charge is 0.263 e. The van der Waals surface area contributed by atoms with Crippen molar-refractivity contribution in [2.75, 3.05) is 38.2 Å². The van der Waals surface area contributed by atoms with Crippen molar-refractivity contribution >= 4 is 11.6 Å². The first-order valence-corrected chi connectivity index (χ1v) is 9.93. The Labute approximate surface area is 167 Å². The highest BCUT2D eigenvalue weighted by Gasteiger charge is 2.28. The summed E-state index contributed by atoms with van der Waals surface area (Å²) in [5, 5.41) is 0. The van der Waals surface area contributed by atoms with E-state index in [-0.39, 0.29) is 5.91 Å². The SMILES string of the molecule is CCC(Oc1cc(C)cc(C)c1)C(=O)N1CCN(c2ccc(OC)cc2)CC1. The fraction of sp³-hybridized carbons (Fsp3) is 0.435. The topological polar surface area (TPSA) is 42.0 Å². The van der Waals surface area contributed by atoms with Gasteiger partial charge in [-0.25, -0.2) is 0 Å². The van der Waals surface area contributed by atoms with Gasteiger partial charge >= 0.3 is 0 Å². The van der Waals surface area contributed by atoms with Gasteiger partial charge in [-0.1, -0.05) is 13.0 Å². The second kappa shape index (κ2) is 9.00. The van der Waals surface area contributed by atoms with Gasteiger partial charge in [0, 0.05) is 31.9 Å². The number of aryl methyl sites for hydroxylation is 2. The summed E-state index contributed by atoms with van der Waals surface area (Å²) in [6.45, 7) is 9.13. The van der Waals surface area contributed by atoms with Crippen LogP contribution in [-0.4, -0.2) is 50.2 Å². The van der Waals surface area contributed by atoms with Gasteiger partial charge in [0.15, 0.2) is 6.10 Å². The molecule has 1 aliphatic heterocycles. The lowest BCUT2D eigenvalue weighted by Crippen LogP contribution is -2.52. The van der Waals surface area contributed by atoms with E-state index in [1.807, 2.05) is 49.9 Å². The van der Waals surface area contributed by atoms with Crippen molar-refractivity contribution in [3.8, 4) is 11.5 Å². The molecule has 0 radical (unpaired) electrons. The van der Waals surface area contributed by atoms with Crippen molar-refractivity contribution in [3.05, 3.63) is 53.6 Å². The third-order valence-corrected chi connectivity index (χ3v) is 5.15. The van der Waals surface area contributed by atoms with E-state index in [1.165, 1.54) is 0 Å². The number of benzene rings is 2. The third kappa shape index (κ3) is 4.77. The fourth-order valence-corrected chi connectivity index (χ4v) is 3.66. The Morgan fingerprint density at radius 1 is 0.964 bits per heavy atom. The van der Waals surface area contributed by atoms with Crippen molar-refractivity contribution in [3.63, 3.8) is 0 Å². The minimum Gasteiger partial charge on any atom is -0.497 e. The molecule has 28 heavy (non-hydrogen) atoms. The van der Waals surface area contributed by atoms with Gasteiger partial charge in [-0.15, -0.1) is 0 Å². The molecule has 0 N–H and O–H groups in total. The van der Waals surface area contributed by atoms with E-state index >= 15 is 0 Å². The van der Waals surface area contributed by atoms with Crippen LogP contribution in [0, 0.1) is 13.8 Å². The highest BCUT2D eigenvalue weighted by Crippen LogP contribution is 2.22. The largest absolute Gasteiger partial charge is 0.497 e. The van der Waals surface area contributed by atoms with Crippen molar-refractivity contribution in [2.45, 2.75) is 33.3 Å². The van der Waals surface area contributed by atoms with Crippen LogP contribution in [-0.2, 0) is 4.79 Å². The van der Waals surface area contributed by atoms with Gasteiger partial charge in [-0.3, -0.25) is 4.79 Å². The summed E-state index contributed by atoms with van der Waals surface area (Å²) < 4.78 is 11.3. The van der Waals surface area contributed by atoms with E-state index in [9.17, 15) is 4.79 Å². The summed E-state index contributed by atoms with van der Waals surface area (Å²) in [5.41, 5.74) is 3.45. The Bertz CT molecular complexity index is 776. The minimum absolute atomic E-state index is 0.0797. The molecule has 0 aliphatic carbocycles. The Hall–Kier alpha value is -2.69. The molecule has 0 aromatic heterocycles. The van der Waals surface area contributed by atoms with Crippen LogP contribution in [0.4, 0.5) is 5.69 Å². The van der Waals surface area contributed by atoms with Gasteiger partial charge < -0.3 is 19.3 Å². The molecule has 5 heteroatoms. The fourth-order valence-electron chi connectivity index (χ4n) is 3.66. The molecular formula is C23H30N2O3. The van der Waals surface area contributed by atoms with E-state index in [1.54, 1.807) is 7.11 Å². The molecule has 1 unspecified atom stereocenters. The summed E-state index contributed by atoms with van der Waals surface area (Å²) in [4.78, 5) is 17.2. The Balaban J connectivity index is 1.59. The Morgan fingerprint density at radius 3 is 2.11 bits per heavy atom. The maximum Gasteiger partial charge on any atom is 0.263 e. The Morgan fingerprint density at radius 2 is 1.57 bits per heavy atom. The maximum absolute atomic E-state index is 13.0. The van der Waals surface area contributed by atoms with Crippen LogP contribution in [0.1, 0.15) is 24.5 Å². The van der Waals surface area contributed by atoms with E-state index in [4.69, 9.17) is 9.47 Å². The summed E-state index contributed by atoms with van der Waals surface area (Å²) in [7, 11) is 1.67. The zero-order chi connectivity index (χ0) is 20.1. The van der Waals surface area contributed by atoms with Gasteiger partial charge in [0.25, 0.3) is 5.91 Å². The number of hydrogen-bond donors (Lipinski definition) is 0. The molecule has 0 saturated carbocycles. The van der Waals surface area contributed by atoms with Gasteiger partial charge in [-0.05, 0) is 67.8 Å². The first-order chi connectivity index (χ1) is 13.5. The quantitative estimate of drug-likeness (QED) is 0.762. The standard InChI is InChI=1S/C23H30N2O3/c1-5-22(28-21-15-17(2)14-18(3)16-21)23(26)25-12-10-24(11-13-25)19-6-8-20(27-4)9-7-19/h6-9,14-16,22H,5,10-13H2,1-4H3. The number of ether oxygens (including phenoxy) is 2. The summed E-state index contributed by atoms with van der Waals surface area (Å²) in [6, 6.07) is 14.2. The number of carbonyl (C=O) groups excluding carboxylic acids is 1. The van der Waals surface area contributed by atoms with Crippen molar-refractivity contribution < 1.29 is 14.3 Å². The van der Waals surface area contributed by atoms with E-state index in [0.29, 0.717) is 19.5 Å². The van der Waals surface area contributed by atoms with E-state index in [0.717, 1.165) is 41.4 Å². The zero-order valence-electron chi connectivity index (χ0n) is 17.3. The number of nitrogens with zero attached hydrogens (tertiary/aromatic N) is 2. The molecule has 1 fully saturated rings. The second-order valence-electron chi connectivity index (χ2n) is 7.35. The predicted octanol–water partition coefficient (Wildman–Crippen LogP) is 3.82. The average Bonchev–Trinajstić information content (AvgIpc) is 2.71. The molecule has 1 heterocycles. The molecule has 1 atom stereocenters. The summed E-state index contributed by atoms with van der Waals surface area (Å²) in [6.07, 6.45) is 0.221. The third-order valence-electron chi connectivity index (χ3n) is 5.15. The zero-order valence-corrected chi connectivity index (χ0v) is 17.3. The molecule has 2 aromatic rings. The predicted molar refractivity (Wildman–Crippen MR) is 112 cm³/mol.